The lowest BCUT2D eigenvalue weighted by Crippen LogP contribution is -2.29. The molecule has 80 valence electrons. The molecule has 0 radical (unpaired) electrons. The van der Waals surface area contributed by atoms with Crippen LogP contribution in [0.3, 0.4) is 0 Å². The van der Waals surface area contributed by atoms with E-state index in [9.17, 15) is 0 Å². The van der Waals surface area contributed by atoms with Crippen molar-refractivity contribution in [2.45, 2.75) is 32.4 Å². The molecule has 0 bridgehead atoms. The standard InChI is InChI=1S/C13H16IN/c1-4-13(5-2)15-10(3)11-6-8-12(14)9-7-11/h1,6-10,13,15H,5H2,2-3H3. The number of benzene rings is 1. The van der Waals surface area contributed by atoms with E-state index in [0.29, 0.717) is 6.04 Å². The average Bonchev–Trinajstić information content (AvgIpc) is 2.26. The molecule has 0 aliphatic heterocycles. The highest BCUT2D eigenvalue weighted by molar-refractivity contribution is 14.1. The van der Waals surface area contributed by atoms with E-state index >= 15 is 0 Å². The number of nitrogens with one attached hydrogen (secondary N) is 1. The molecule has 2 unspecified atom stereocenters. The summed E-state index contributed by atoms with van der Waals surface area (Å²) in [5.41, 5.74) is 1.28. The highest BCUT2D eigenvalue weighted by Gasteiger charge is 2.08. The maximum Gasteiger partial charge on any atom is 0.0688 e. The topological polar surface area (TPSA) is 12.0 Å². The first-order chi connectivity index (χ1) is 7.17. The molecule has 0 saturated heterocycles. The fourth-order valence-corrected chi connectivity index (χ4v) is 1.79. The Kier molecular flexibility index (Phi) is 5.13. The van der Waals surface area contributed by atoms with Gasteiger partial charge in [-0.2, -0.15) is 0 Å². The molecule has 0 heterocycles. The van der Waals surface area contributed by atoms with Crippen molar-refractivity contribution in [3.8, 4) is 12.3 Å². The summed E-state index contributed by atoms with van der Waals surface area (Å²) in [6, 6.07) is 8.99. The van der Waals surface area contributed by atoms with Crippen LogP contribution in [0.5, 0.6) is 0 Å². The lowest BCUT2D eigenvalue weighted by molar-refractivity contribution is 0.512. The van der Waals surface area contributed by atoms with Crippen LogP contribution in [-0.4, -0.2) is 6.04 Å². The van der Waals surface area contributed by atoms with E-state index in [1.807, 2.05) is 0 Å². The molecule has 0 aliphatic carbocycles. The molecule has 15 heavy (non-hydrogen) atoms. The molecule has 0 fully saturated rings. The Morgan fingerprint density at radius 1 is 1.40 bits per heavy atom. The van der Waals surface area contributed by atoms with Gasteiger partial charge in [0.1, 0.15) is 0 Å². The van der Waals surface area contributed by atoms with Gasteiger partial charge in [-0.25, -0.2) is 0 Å². The summed E-state index contributed by atoms with van der Waals surface area (Å²) >= 11 is 2.31. The Morgan fingerprint density at radius 3 is 2.47 bits per heavy atom. The highest BCUT2D eigenvalue weighted by atomic mass is 127. The zero-order valence-electron chi connectivity index (χ0n) is 9.13. The minimum Gasteiger partial charge on any atom is -0.297 e. The second-order valence-corrected chi connectivity index (χ2v) is 4.81. The molecule has 2 atom stereocenters. The smallest absolute Gasteiger partial charge is 0.0688 e. The molecule has 0 aliphatic rings. The van der Waals surface area contributed by atoms with Crippen molar-refractivity contribution in [1.82, 2.24) is 5.32 Å². The SMILES string of the molecule is C#CC(CC)NC(C)c1ccc(I)cc1. The van der Waals surface area contributed by atoms with Crippen LogP contribution in [0.25, 0.3) is 0 Å². The van der Waals surface area contributed by atoms with E-state index < -0.39 is 0 Å². The normalized spacial score (nSPS) is 14.3. The minimum atomic E-state index is 0.166. The van der Waals surface area contributed by atoms with Crippen LogP contribution in [0.2, 0.25) is 0 Å². The van der Waals surface area contributed by atoms with Crippen molar-refractivity contribution < 1.29 is 0 Å². The summed E-state index contributed by atoms with van der Waals surface area (Å²) in [4.78, 5) is 0. The summed E-state index contributed by atoms with van der Waals surface area (Å²) in [7, 11) is 0. The molecule has 1 nitrogen and oxygen atoms in total. The van der Waals surface area contributed by atoms with Gasteiger partial charge in [0.2, 0.25) is 0 Å². The predicted molar refractivity (Wildman–Crippen MR) is 73.6 cm³/mol. The van der Waals surface area contributed by atoms with Gasteiger partial charge in [0, 0.05) is 9.61 Å². The van der Waals surface area contributed by atoms with Crippen molar-refractivity contribution in [1.29, 1.82) is 0 Å². The Morgan fingerprint density at radius 2 is 2.00 bits per heavy atom. The minimum absolute atomic E-state index is 0.166. The lowest BCUT2D eigenvalue weighted by atomic mass is 10.1. The molecular formula is C13H16IN. The summed E-state index contributed by atoms with van der Waals surface area (Å²) in [5.74, 6) is 2.75. The molecule has 0 spiro atoms. The first-order valence-corrected chi connectivity index (χ1v) is 6.23. The fourth-order valence-electron chi connectivity index (χ4n) is 1.43. The van der Waals surface area contributed by atoms with E-state index in [-0.39, 0.29) is 6.04 Å². The Bertz CT molecular complexity index is 337. The Balaban J connectivity index is 2.65. The van der Waals surface area contributed by atoms with Crippen molar-refractivity contribution in [3.63, 3.8) is 0 Å². The molecule has 1 rings (SSSR count). The zero-order valence-corrected chi connectivity index (χ0v) is 11.3. The highest BCUT2D eigenvalue weighted by Crippen LogP contribution is 2.15. The average molecular weight is 313 g/mol. The number of halogens is 1. The monoisotopic (exact) mass is 313 g/mol. The molecule has 1 N–H and O–H groups in total. The molecule has 0 amide bonds. The van der Waals surface area contributed by atoms with Gasteiger partial charge >= 0.3 is 0 Å². The summed E-state index contributed by atoms with van der Waals surface area (Å²) in [6.45, 7) is 4.24. The van der Waals surface area contributed by atoms with Crippen LogP contribution in [0, 0.1) is 15.9 Å². The van der Waals surface area contributed by atoms with E-state index in [1.165, 1.54) is 9.13 Å². The number of terminal acetylenes is 1. The molecular weight excluding hydrogens is 297 g/mol. The van der Waals surface area contributed by atoms with Crippen LogP contribution >= 0.6 is 22.6 Å². The molecule has 0 aromatic heterocycles. The third kappa shape index (κ3) is 3.84. The zero-order chi connectivity index (χ0) is 11.3. The third-order valence-corrected chi connectivity index (χ3v) is 3.15. The molecule has 1 aromatic carbocycles. The van der Waals surface area contributed by atoms with Crippen molar-refractivity contribution >= 4 is 22.6 Å². The van der Waals surface area contributed by atoms with E-state index in [4.69, 9.17) is 6.42 Å². The maximum absolute atomic E-state index is 5.42. The van der Waals surface area contributed by atoms with Gasteiger partial charge in [-0.15, -0.1) is 6.42 Å². The number of rotatable bonds is 4. The van der Waals surface area contributed by atoms with E-state index in [1.54, 1.807) is 0 Å². The number of hydrogen-bond acceptors (Lipinski definition) is 1. The van der Waals surface area contributed by atoms with E-state index in [2.05, 4.69) is 71.9 Å². The quantitative estimate of drug-likeness (QED) is 0.664. The number of hydrogen-bond donors (Lipinski definition) is 1. The maximum atomic E-state index is 5.42. The summed E-state index contributed by atoms with van der Waals surface area (Å²) in [6.07, 6.45) is 6.38. The molecule has 0 saturated carbocycles. The predicted octanol–water partition coefficient (Wildman–Crippen LogP) is 3.35. The van der Waals surface area contributed by atoms with Gasteiger partial charge < -0.3 is 0 Å². The van der Waals surface area contributed by atoms with E-state index in [0.717, 1.165) is 6.42 Å². The van der Waals surface area contributed by atoms with Crippen LogP contribution in [0.15, 0.2) is 24.3 Å². The second-order valence-electron chi connectivity index (χ2n) is 3.57. The van der Waals surface area contributed by atoms with Gasteiger partial charge in [0.15, 0.2) is 0 Å². The molecule has 2 heteroatoms. The Hall–Kier alpha value is -0.530. The first-order valence-electron chi connectivity index (χ1n) is 5.15. The second kappa shape index (κ2) is 6.14. The van der Waals surface area contributed by atoms with Crippen molar-refractivity contribution in [2.75, 3.05) is 0 Å². The summed E-state index contributed by atoms with van der Waals surface area (Å²) < 4.78 is 1.26. The van der Waals surface area contributed by atoms with Gasteiger partial charge in [-0.05, 0) is 53.6 Å². The molecule has 1 aromatic rings. The van der Waals surface area contributed by atoms with Crippen LogP contribution in [0.4, 0.5) is 0 Å². The van der Waals surface area contributed by atoms with Crippen LogP contribution < -0.4 is 5.32 Å². The van der Waals surface area contributed by atoms with Gasteiger partial charge in [0.25, 0.3) is 0 Å². The van der Waals surface area contributed by atoms with Crippen LogP contribution in [-0.2, 0) is 0 Å². The largest absolute Gasteiger partial charge is 0.297 e. The third-order valence-electron chi connectivity index (χ3n) is 2.43. The fraction of sp³-hybridized carbons (Fsp3) is 0.385. The van der Waals surface area contributed by atoms with Gasteiger partial charge in [-0.1, -0.05) is 25.0 Å². The summed E-state index contributed by atoms with van der Waals surface area (Å²) in [5, 5.41) is 3.41. The van der Waals surface area contributed by atoms with Gasteiger partial charge in [0.05, 0.1) is 6.04 Å². The first kappa shape index (κ1) is 12.5. The van der Waals surface area contributed by atoms with Crippen LogP contribution in [0.1, 0.15) is 31.9 Å². The lowest BCUT2D eigenvalue weighted by Gasteiger charge is -2.18. The van der Waals surface area contributed by atoms with Crippen molar-refractivity contribution in [3.05, 3.63) is 33.4 Å². The Labute approximate surface area is 106 Å². The van der Waals surface area contributed by atoms with Crippen molar-refractivity contribution in [2.24, 2.45) is 0 Å². The van der Waals surface area contributed by atoms with Gasteiger partial charge in [-0.3, -0.25) is 5.32 Å².